The maximum atomic E-state index is 12.1. The third kappa shape index (κ3) is 5.22. The van der Waals surface area contributed by atoms with Crippen LogP contribution in [0.1, 0.15) is 20.7 Å². The van der Waals surface area contributed by atoms with E-state index in [4.69, 9.17) is 14.6 Å². The van der Waals surface area contributed by atoms with Gasteiger partial charge in [0.2, 0.25) is 0 Å². The van der Waals surface area contributed by atoms with E-state index in [9.17, 15) is 14.7 Å². The van der Waals surface area contributed by atoms with E-state index in [1.807, 2.05) is 0 Å². The van der Waals surface area contributed by atoms with E-state index in [1.54, 1.807) is 37.4 Å². The van der Waals surface area contributed by atoms with E-state index < -0.39 is 18.0 Å². The summed E-state index contributed by atoms with van der Waals surface area (Å²) in [4.78, 5) is 23.2. The summed E-state index contributed by atoms with van der Waals surface area (Å²) in [5.74, 6) is -0.504. The number of aromatic carboxylic acids is 1. The van der Waals surface area contributed by atoms with Gasteiger partial charge in [-0.3, -0.25) is 4.79 Å². The summed E-state index contributed by atoms with van der Waals surface area (Å²) in [6.07, 6.45) is -0.942. The molecule has 7 heteroatoms. The summed E-state index contributed by atoms with van der Waals surface area (Å²) in [7, 11) is 1.56. The van der Waals surface area contributed by atoms with Crippen molar-refractivity contribution < 1.29 is 29.3 Å². The second-order valence-electron chi connectivity index (χ2n) is 5.20. The number of nitrogens with one attached hydrogen (secondary N) is 1. The minimum absolute atomic E-state index is 0.0206. The molecule has 0 bridgehead atoms. The van der Waals surface area contributed by atoms with Crippen LogP contribution < -0.4 is 14.8 Å². The van der Waals surface area contributed by atoms with Crippen molar-refractivity contribution in [3.63, 3.8) is 0 Å². The number of methoxy groups -OCH3 is 1. The maximum absolute atomic E-state index is 12.1. The van der Waals surface area contributed by atoms with Gasteiger partial charge in [0.15, 0.2) is 0 Å². The first kappa shape index (κ1) is 18.3. The highest BCUT2D eigenvalue weighted by Crippen LogP contribution is 2.17. The van der Waals surface area contributed by atoms with Crippen LogP contribution in [-0.4, -0.2) is 48.5 Å². The van der Waals surface area contributed by atoms with Crippen LogP contribution in [0.3, 0.4) is 0 Å². The average Bonchev–Trinajstić information content (AvgIpc) is 2.64. The smallest absolute Gasteiger partial charge is 0.336 e. The Kier molecular flexibility index (Phi) is 6.36. The zero-order chi connectivity index (χ0) is 18.2. The molecule has 0 fully saturated rings. The van der Waals surface area contributed by atoms with Gasteiger partial charge in [-0.1, -0.05) is 12.1 Å². The van der Waals surface area contributed by atoms with Crippen molar-refractivity contribution in [2.45, 2.75) is 6.10 Å². The van der Waals surface area contributed by atoms with Crippen LogP contribution in [0, 0.1) is 0 Å². The number of ether oxygens (including phenoxy) is 2. The van der Waals surface area contributed by atoms with E-state index in [0.717, 1.165) is 0 Å². The maximum Gasteiger partial charge on any atom is 0.336 e. The summed E-state index contributed by atoms with van der Waals surface area (Å²) in [6, 6.07) is 12.7. The van der Waals surface area contributed by atoms with Gasteiger partial charge < -0.3 is 25.0 Å². The molecule has 0 saturated heterocycles. The standard InChI is InChI=1S/C18H19NO6/c1-24-13-6-8-14(9-7-13)25-11-12(20)10-19-17(21)15-4-2-3-5-16(15)18(22)23/h2-9,12,20H,10-11H2,1H3,(H,19,21)(H,22,23)/t12-/m0/s1. The minimum Gasteiger partial charge on any atom is -0.497 e. The molecular formula is C18H19NO6. The fourth-order valence-corrected chi connectivity index (χ4v) is 2.10. The van der Waals surface area contributed by atoms with Crippen LogP contribution in [0.4, 0.5) is 0 Å². The molecule has 3 N–H and O–H groups in total. The van der Waals surface area contributed by atoms with Gasteiger partial charge in [0, 0.05) is 6.54 Å². The summed E-state index contributed by atoms with van der Waals surface area (Å²) in [5, 5.41) is 21.5. The van der Waals surface area contributed by atoms with Crippen molar-refractivity contribution in [1.29, 1.82) is 0 Å². The lowest BCUT2D eigenvalue weighted by Crippen LogP contribution is -2.35. The lowest BCUT2D eigenvalue weighted by atomic mass is 10.1. The fraction of sp³-hybridized carbons (Fsp3) is 0.222. The number of aliphatic hydroxyl groups is 1. The van der Waals surface area contributed by atoms with Crippen molar-refractivity contribution in [1.82, 2.24) is 5.32 Å². The van der Waals surface area contributed by atoms with Crippen LogP contribution >= 0.6 is 0 Å². The molecule has 2 rings (SSSR count). The largest absolute Gasteiger partial charge is 0.497 e. The second kappa shape index (κ2) is 8.70. The van der Waals surface area contributed by atoms with Crippen molar-refractivity contribution in [2.24, 2.45) is 0 Å². The number of hydrogen-bond donors (Lipinski definition) is 3. The van der Waals surface area contributed by atoms with Crippen LogP contribution in [-0.2, 0) is 0 Å². The predicted molar refractivity (Wildman–Crippen MR) is 90.2 cm³/mol. The van der Waals surface area contributed by atoms with Gasteiger partial charge in [0.1, 0.15) is 24.2 Å². The third-order valence-electron chi connectivity index (χ3n) is 3.40. The van der Waals surface area contributed by atoms with E-state index >= 15 is 0 Å². The molecule has 0 heterocycles. The number of amides is 1. The zero-order valence-corrected chi connectivity index (χ0v) is 13.6. The summed E-state index contributed by atoms with van der Waals surface area (Å²) < 4.78 is 10.5. The Morgan fingerprint density at radius 2 is 1.64 bits per heavy atom. The Labute approximate surface area is 144 Å². The van der Waals surface area contributed by atoms with Gasteiger partial charge in [0.05, 0.1) is 18.2 Å². The Bertz CT molecular complexity index is 729. The molecule has 2 aromatic carbocycles. The van der Waals surface area contributed by atoms with Gasteiger partial charge in [0.25, 0.3) is 5.91 Å². The number of carboxylic acid groups (broad SMARTS) is 1. The third-order valence-corrected chi connectivity index (χ3v) is 3.40. The highest BCUT2D eigenvalue weighted by atomic mass is 16.5. The molecule has 0 spiro atoms. The van der Waals surface area contributed by atoms with Crippen LogP contribution in [0.15, 0.2) is 48.5 Å². The number of carboxylic acids is 1. The van der Waals surface area contributed by atoms with Crippen LogP contribution in [0.25, 0.3) is 0 Å². The molecule has 0 radical (unpaired) electrons. The van der Waals surface area contributed by atoms with Crippen molar-refractivity contribution >= 4 is 11.9 Å². The molecule has 25 heavy (non-hydrogen) atoms. The average molecular weight is 345 g/mol. The zero-order valence-electron chi connectivity index (χ0n) is 13.6. The monoisotopic (exact) mass is 345 g/mol. The van der Waals surface area contributed by atoms with Gasteiger partial charge in [-0.15, -0.1) is 0 Å². The molecule has 0 saturated carbocycles. The van der Waals surface area contributed by atoms with E-state index in [2.05, 4.69) is 5.32 Å². The summed E-state index contributed by atoms with van der Waals surface area (Å²) in [5.41, 5.74) is -0.0535. The van der Waals surface area contributed by atoms with E-state index in [-0.39, 0.29) is 24.3 Å². The topological polar surface area (TPSA) is 105 Å². The van der Waals surface area contributed by atoms with Crippen molar-refractivity contribution in [2.75, 3.05) is 20.3 Å². The van der Waals surface area contributed by atoms with E-state index in [1.165, 1.54) is 18.2 Å². The van der Waals surface area contributed by atoms with Crippen LogP contribution in [0.2, 0.25) is 0 Å². The van der Waals surface area contributed by atoms with Crippen molar-refractivity contribution in [3.05, 3.63) is 59.7 Å². The number of rotatable bonds is 8. The normalized spacial score (nSPS) is 11.4. The molecular weight excluding hydrogens is 326 g/mol. The molecule has 0 aromatic heterocycles. The van der Waals surface area contributed by atoms with Gasteiger partial charge in [-0.05, 0) is 36.4 Å². The summed E-state index contributed by atoms with van der Waals surface area (Å²) >= 11 is 0. The molecule has 0 aliphatic carbocycles. The lowest BCUT2D eigenvalue weighted by molar-refractivity contribution is 0.0689. The molecule has 7 nitrogen and oxygen atoms in total. The minimum atomic E-state index is -1.19. The number of carbonyl (C=O) groups excluding carboxylic acids is 1. The number of benzene rings is 2. The van der Waals surface area contributed by atoms with E-state index in [0.29, 0.717) is 11.5 Å². The Morgan fingerprint density at radius 3 is 2.24 bits per heavy atom. The van der Waals surface area contributed by atoms with Crippen LogP contribution in [0.5, 0.6) is 11.5 Å². The Morgan fingerprint density at radius 1 is 1.04 bits per heavy atom. The number of carbonyl (C=O) groups is 2. The summed E-state index contributed by atoms with van der Waals surface area (Å²) in [6.45, 7) is -0.0872. The molecule has 1 atom stereocenters. The molecule has 132 valence electrons. The Hall–Kier alpha value is -3.06. The molecule has 0 unspecified atom stereocenters. The first-order chi connectivity index (χ1) is 12.0. The molecule has 0 aliphatic rings. The highest BCUT2D eigenvalue weighted by molar-refractivity contribution is 6.04. The number of hydrogen-bond acceptors (Lipinski definition) is 5. The highest BCUT2D eigenvalue weighted by Gasteiger charge is 2.16. The Balaban J connectivity index is 1.84. The van der Waals surface area contributed by atoms with Gasteiger partial charge in [-0.25, -0.2) is 4.79 Å². The fourth-order valence-electron chi connectivity index (χ4n) is 2.10. The quantitative estimate of drug-likeness (QED) is 0.671. The molecule has 2 aromatic rings. The number of aliphatic hydroxyl groups excluding tert-OH is 1. The van der Waals surface area contributed by atoms with Gasteiger partial charge >= 0.3 is 5.97 Å². The SMILES string of the molecule is COc1ccc(OC[C@@H](O)CNC(=O)c2ccccc2C(=O)O)cc1. The van der Waals surface area contributed by atoms with Crippen molar-refractivity contribution in [3.8, 4) is 11.5 Å². The first-order valence-electron chi connectivity index (χ1n) is 7.56. The second-order valence-corrected chi connectivity index (χ2v) is 5.20. The first-order valence-corrected chi connectivity index (χ1v) is 7.56. The van der Waals surface area contributed by atoms with Gasteiger partial charge in [-0.2, -0.15) is 0 Å². The molecule has 0 aliphatic heterocycles. The predicted octanol–water partition coefficient (Wildman–Crippen LogP) is 1.56. The molecule has 1 amide bonds. The lowest BCUT2D eigenvalue weighted by Gasteiger charge is -2.14.